The van der Waals surface area contributed by atoms with Crippen molar-refractivity contribution in [2.45, 2.75) is 39.2 Å². The first kappa shape index (κ1) is 20.2. The van der Waals surface area contributed by atoms with Gasteiger partial charge in [-0.3, -0.25) is 4.79 Å². The molecule has 1 atom stereocenters. The van der Waals surface area contributed by atoms with Crippen LogP contribution >= 0.6 is 0 Å². The van der Waals surface area contributed by atoms with Crippen molar-refractivity contribution in [3.63, 3.8) is 0 Å². The number of benzene rings is 1. The van der Waals surface area contributed by atoms with Gasteiger partial charge >= 0.3 is 6.03 Å². The maximum atomic E-state index is 12.6. The molecule has 1 aliphatic rings. The fraction of sp³-hybridized carbons (Fsp3) is 0.600. The second-order valence-corrected chi connectivity index (χ2v) is 6.82. The number of ether oxygens (including phenoxy) is 1. The molecule has 144 valence electrons. The van der Waals surface area contributed by atoms with Crippen LogP contribution in [0.25, 0.3) is 0 Å². The molecule has 1 heterocycles. The van der Waals surface area contributed by atoms with Crippen LogP contribution in [-0.2, 0) is 16.0 Å². The Labute approximate surface area is 156 Å². The summed E-state index contributed by atoms with van der Waals surface area (Å²) in [5.41, 5.74) is 2.42. The Balaban J connectivity index is 1.87. The lowest BCUT2D eigenvalue weighted by Gasteiger charge is -2.24. The Morgan fingerprint density at radius 2 is 1.77 bits per heavy atom. The molecular formula is C20H31N3O3. The van der Waals surface area contributed by atoms with Crippen LogP contribution < -0.4 is 5.32 Å². The number of carbonyl (C=O) groups excluding carboxylic acids is 2. The molecule has 1 fully saturated rings. The monoisotopic (exact) mass is 361 g/mol. The van der Waals surface area contributed by atoms with Crippen molar-refractivity contribution in [2.75, 3.05) is 39.9 Å². The lowest BCUT2D eigenvalue weighted by Crippen LogP contribution is -2.43. The van der Waals surface area contributed by atoms with E-state index in [1.54, 1.807) is 9.80 Å². The predicted octanol–water partition coefficient (Wildman–Crippen LogP) is 2.59. The van der Waals surface area contributed by atoms with Gasteiger partial charge in [-0.2, -0.15) is 0 Å². The summed E-state index contributed by atoms with van der Waals surface area (Å²) in [5, 5.41) is 3.07. The lowest BCUT2D eigenvalue weighted by atomic mass is 10.0. The number of methoxy groups -OCH3 is 1. The first-order valence-corrected chi connectivity index (χ1v) is 9.46. The summed E-state index contributed by atoms with van der Waals surface area (Å²) in [5.74, 6) is -0.0182. The highest BCUT2D eigenvalue weighted by Crippen LogP contribution is 2.15. The number of urea groups is 1. The number of nitrogens with zero attached hydrogens (tertiary/aromatic N) is 2. The van der Waals surface area contributed by atoms with Gasteiger partial charge in [-0.1, -0.05) is 37.6 Å². The highest BCUT2D eigenvalue weighted by atomic mass is 16.5. The van der Waals surface area contributed by atoms with E-state index < -0.39 is 0 Å². The van der Waals surface area contributed by atoms with E-state index in [9.17, 15) is 9.59 Å². The zero-order valence-electron chi connectivity index (χ0n) is 16.2. The average molecular weight is 361 g/mol. The second kappa shape index (κ2) is 10.2. The number of hydrogen-bond acceptors (Lipinski definition) is 3. The Kier molecular flexibility index (Phi) is 7.91. The summed E-state index contributed by atoms with van der Waals surface area (Å²) in [6.45, 7) is 6.68. The molecule has 1 saturated heterocycles. The van der Waals surface area contributed by atoms with Crippen molar-refractivity contribution in [2.24, 2.45) is 0 Å². The van der Waals surface area contributed by atoms with Crippen molar-refractivity contribution in [1.29, 1.82) is 0 Å². The molecule has 0 aromatic heterocycles. The number of rotatable bonds is 6. The summed E-state index contributed by atoms with van der Waals surface area (Å²) < 4.78 is 4.91. The van der Waals surface area contributed by atoms with Gasteiger partial charge < -0.3 is 19.9 Å². The van der Waals surface area contributed by atoms with E-state index in [0.717, 1.165) is 24.8 Å². The van der Waals surface area contributed by atoms with Crippen LogP contribution in [0.4, 0.5) is 4.79 Å². The van der Waals surface area contributed by atoms with E-state index in [1.165, 1.54) is 12.7 Å². The molecule has 0 aliphatic carbocycles. The van der Waals surface area contributed by atoms with E-state index >= 15 is 0 Å². The molecule has 0 spiro atoms. The molecule has 0 bridgehead atoms. The molecule has 1 aromatic carbocycles. The van der Waals surface area contributed by atoms with Gasteiger partial charge in [0.1, 0.15) is 6.61 Å². The summed E-state index contributed by atoms with van der Waals surface area (Å²) in [6.07, 6.45) is 2.99. The second-order valence-electron chi connectivity index (χ2n) is 6.82. The number of carbonyl (C=O) groups is 2. The molecule has 0 unspecified atom stereocenters. The molecule has 6 nitrogen and oxygen atoms in total. The van der Waals surface area contributed by atoms with Crippen molar-refractivity contribution in [1.82, 2.24) is 15.1 Å². The van der Waals surface area contributed by atoms with Crippen molar-refractivity contribution in [3.05, 3.63) is 35.4 Å². The quantitative estimate of drug-likeness (QED) is 0.847. The minimum Gasteiger partial charge on any atom is -0.375 e. The van der Waals surface area contributed by atoms with Crippen molar-refractivity contribution < 1.29 is 14.3 Å². The zero-order valence-corrected chi connectivity index (χ0v) is 16.2. The van der Waals surface area contributed by atoms with E-state index in [-0.39, 0.29) is 24.6 Å². The summed E-state index contributed by atoms with van der Waals surface area (Å²) in [4.78, 5) is 28.1. The summed E-state index contributed by atoms with van der Waals surface area (Å²) in [6, 6.07) is 8.32. The SMILES string of the molecule is CCCc1ccc([C@H](C)NC(=O)N2CCCN(C(=O)COC)CC2)cc1. The summed E-state index contributed by atoms with van der Waals surface area (Å²) >= 11 is 0. The van der Waals surface area contributed by atoms with E-state index in [4.69, 9.17) is 4.74 Å². The standard InChI is InChI=1S/C20H31N3O3/c1-4-6-17-7-9-18(10-8-17)16(2)21-20(25)23-12-5-11-22(13-14-23)19(24)15-26-3/h7-10,16H,4-6,11-15H2,1-3H3,(H,21,25)/t16-/m0/s1. The molecular weight excluding hydrogens is 330 g/mol. The third-order valence-electron chi connectivity index (χ3n) is 4.76. The molecule has 0 radical (unpaired) electrons. The van der Waals surface area contributed by atoms with Crippen molar-refractivity contribution in [3.8, 4) is 0 Å². The fourth-order valence-electron chi connectivity index (χ4n) is 3.21. The topological polar surface area (TPSA) is 61.9 Å². The molecule has 3 amide bonds. The van der Waals surface area contributed by atoms with Gasteiger partial charge in [0.25, 0.3) is 0 Å². The Morgan fingerprint density at radius 1 is 1.12 bits per heavy atom. The minimum absolute atomic E-state index is 0.0182. The highest BCUT2D eigenvalue weighted by Gasteiger charge is 2.22. The van der Waals surface area contributed by atoms with Crippen LogP contribution in [0.15, 0.2) is 24.3 Å². The Bertz CT molecular complexity index is 588. The third kappa shape index (κ3) is 5.73. The molecule has 26 heavy (non-hydrogen) atoms. The molecule has 1 aliphatic heterocycles. The Hall–Kier alpha value is -2.08. The predicted molar refractivity (Wildman–Crippen MR) is 102 cm³/mol. The Morgan fingerprint density at radius 3 is 2.42 bits per heavy atom. The lowest BCUT2D eigenvalue weighted by molar-refractivity contribution is -0.135. The zero-order chi connectivity index (χ0) is 18.9. The van der Waals surface area contributed by atoms with Crippen LogP contribution in [-0.4, -0.2) is 61.6 Å². The van der Waals surface area contributed by atoms with Gasteiger partial charge in [0.15, 0.2) is 0 Å². The average Bonchev–Trinajstić information content (AvgIpc) is 2.89. The molecule has 0 saturated carbocycles. The largest absolute Gasteiger partial charge is 0.375 e. The van der Waals surface area contributed by atoms with Gasteiger partial charge in [-0.05, 0) is 30.9 Å². The van der Waals surface area contributed by atoms with Crippen LogP contribution in [0.3, 0.4) is 0 Å². The van der Waals surface area contributed by atoms with Gasteiger partial charge in [-0.15, -0.1) is 0 Å². The number of aryl methyl sites for hydroxylation is 1. The molecule has 1 aromatic rings. The van der Waals surface area contributed by atoms with Gasteiger partial charge in [0, 0.05) is 33.3 Å². The van der Waals surface area contributed by atoms with Crippen LogP contribution in [0, 0.1) is 0 Å². The first-order valence-electron chi connectivity index (χ1n) is 9.46. The van der Waals surface area contributed by atoms with Crippen LogP contribution in [0.5, 0.6) is 0 Å². The van der Waals surface area contributed by atoms with Crippen LogP contribution in [0.2, 0.25) is 0 Å². The molecule has 2 rings (SSSR count). The third-order valence-corrected chi connectivity index (χ3v) is 4.76. The van der Waals surface area contributed by atoms with Gasteiger partial charge in [-0.25, -0.2) is 4.79 Å². The smallest absolute Gasteiger partial charge is 0.317 e. The maximum absolute atomic E-state index is 12.6. The first-order chi connectivity index (χ1) is 12.5. The van der Waals surface area contributed by atoms with Crippen molar-refractivity contribution >= 4 is 11.9 Å². The maximum Gasteiger partial charge on any atom is 0.317 e. The normalized spacial score (nSPS) is 16.1. The van der Waals surface area contributed by atoms with E-state index in [2.05, 4.69) is 36.5 Å². The molecule has 6 heteroatoms. The summed E-state index contributed by atoms with van der Waals surface area (Å²) in [7, 11) is 1.52. The molecule has 1 N–H and O–H groups in total. The number of nitrogens with one attached hydrogen (secondary N) is 1. The van der Waals surface area contributed by atoms with Gasteiger partial charge in [0.2, 0.25) is 5.91 Å². The van der Waals surface area contributed by atoms with Crippen LogP contribution in [0.1, 0.15) is 43.9 Å². The van der Waals surface area contributed by atoms with E-state index in [1.807, 2.05) is 6.92 Å². The number of hydrogen-bond donors (Lipinski definition) is 1. The minimum atomic E-state index is -0.0730. The van der Waals surface area contributed by atoms with Gasteiger partial charge in [0.05, 0.1) is 6.04 Å². The highest BCUT2D eigenvalue weighted by molar-refractivity contribution is 5.78. The number of amides is 3. The fourth-order valence-corrected chi connectivity index (χ4v) is 3.21. The van der Waals surface area contributed by atoms with E-state index in [0.29, 0.717) is 26.2 Å².